The van der Waals surface area contributed by atoms with Gasteiger partial charge in [-0.05, 0) is 24.1 Å². The lowest BCUT2D eigenvalue weighted by Gasteiger charge is -2.05. The number of carbonyl (C=O) groups is 1. The van der Waals surface area contributed by atoms with Crippen LogP contribution in [0.25, 0.3) is 17.3 Å². The van der Waals surface area contributed by atoms with Crippen LogP contribution in [0.3, 0.4) is 0 Å². The summed E-state index contributed by atoms with van der Waals surface area (Å²) in [5.74, 6) is 0.318. The van der Waals surface area contributed by atoms with Crippen LogP contribution in [0.15, 0.2) is 76.7 Å². The molecule has 0 saturated heterocycles. The van der Waals surface area contributed by atoms with Gasteiger partial charge in [-0.15, -0.1) is 0 Å². The molecule has 0 bridgehead atoms. The van der Waals surface area contributed by atoms with Crippen LogP contribution in [0.5, 0.6) is 0 Å². The molecule has 1 N–H and O–H groups in total. The summed E-state index contributed by atoms with van der Waals surface area (Å²) in [4.78, 5) is 30.6. The van der Waals surface area contributed by atoms with Gasteiger partial charge in [0.05, 0.1) is 12.3 Å². The number of H-pyrrole nitrogens is 1. The Morgan fingerprint density at radius 3 is 2.61 bits per heavy atom. The van der Waals surface area contributed by atoms with Crippen molar-refractivity contribution in [2.45, 2.75) is 17.8 Å². The van der Waals surface area contributed by atoms with E-state index in [1.54, 1.807) is 13.0 Å². The summed E-state index contributed by atoms with van der Waals surface area (Å²) in [6.45, 7) is 2.14. The molecule has 142 valence electrons. The van der Waals surface area contributed by atoms with Crippen LogP contribution < -0.4 is 5.56 Å². The first-order chi connectivity index (χ1) is 13.6. The van der Waals surface area contributed by atoms with E-state index >= 15 is 0 Å². The third-order valence-corrected chi connectivity index (χ3v) is 4.79. The molecule has 6 heteroatoms. The Morgan fingerprint density at radius 1 is 1.14 bits per heavy atom. The van der Waals surface area contributed by atoms with E-state index in [9.17, 15) is 9.59 Å². The third-order valence-electron chi connectivity index (χ3n) is 3.84. The van der Waals surface area contributed by atoms with Crippen LogP contribution >= 0.6 is 11.8 Å². The monoisotopic (exact) mass is 392 g/mol. The molecule has 0 spiro atoms. The lowest BCUT2D eigenvalue weighted by atomic mass is 10.1. The summed E-state index contributed by atoms with van der Waals surface area (Å²) < 4.78 is 4.86. The van der Waals surface area contributed by atoms with Gasteiger partial charge in [0.2, 0.25) is 0 Å². The zero-order chi connectivity index (χ0) is 19.8. The SMILES string of the molecule is CCOC(=O)/C=C/c1ccc(CSc2nc(-c3ccccc3)cc(=O)[nH]2)cc1. The largest absolute Gasteiger partial charge is 0.463 e. The summed E-state index contributed by atoms with van der Waals surface area (Å²) in [5.41, 5.74) is 3.40. The van der Waals surface area contributed by atoms with Crippen LogP contribution in [0.4, 0.5) is 0 Å². The second kappa shape index (κ2) is 9.71. The Labute approximate surface area is 167 Å². The van der Waals surface area contributed by atoms with E-state index in [4.69, 9.17) is 4.74 Å². The summed E-state index contributed by atoms with van der Waals surface area (Å²) in [5, 5.41) is 0.581. The van der Waals surface area contributed by atoms with Crippen molar-refractivity contribution in [3.63, 3.8) is 0 Å². The molecule has 3 rings (SSSR count). The number of nitrogens with zero attached hydrogens (tertiary/aromatic N) is 1. The van der Waals surface area contributed by atoms with Crippen LogP contribution in [0.2, 0.25) is 0 Å². The number of carbonyl (C=O) groups excluding carboxylic acids is 1. The molecule has 0 amide bonds. The van der Waals surface area contributed by atoms with Crippen molar-refractivity contribution in [1.29, 1.82) is 0 Å². The summed E-state index contributed by atoms with van der Waals surface area (Å²) in [7, 11) is 0. The number of esters is 1. The minimum Gasteiger partial charge on any atom is -0.463 e. The Kier molecular flexibility index (Phi) is 6.81. The first-order valence-electron chi connectivity index (χ1n) is 8.87. The van der Waals surface area contributed by atoms with Crippen molar-refractivity contribution >= 4 is 23.8 Å². The molecular formula is C22H20N2O3S. The molecule has 0 aliphatic carbocycles. The maximum absolute atomic E-state index is 12.0. The zero-order valence-electron chi connectivity index (χ0n) is 15.4. The first-order valence-corrected chi connectivity index (χ1v) is 9.86. The summed E-state index contributed by atoms with van der Waals surface area (Å²) in [6.07, 6.45) is 3.13. The molecule has 0 aliphatic heterocycles. The lowest BCUT2D eigenvalue weighted by molar-refractivity contribution is -0.137. The van der Waals surface area contributed by atoms with Crippen molar-refractivity contribution in [2.75, 3.05) is 6.61 Å². The van der Waals surface area contributed by atoms with Crippen LogP contribution in [0, 0.1) is 0 Å². The van der Waals surface area contributed by atoms with Crippen molar-refractivity contribution in [3.8, 4) is 11.3 Å². The fourth-order valence-corrected chi connectivity index (χ4v) is 3.32. The average Bonchev–Trinajstić information content (AvgIpc) is 2.72. The van der Waals surface area contributed by atoms with Crippen LogP contribution in [-0.2, 0) is 15.3 Å². The Bertz CT molecular complexity index is 1010. The van der Waals surface area contributed by atoms with Gasteiger partial charge in [0.15, 0.2) is 5.16 Å². The van der Waals surface area contributed by atoms with E-state index in [-0.39, 0.29) is 11.5 Å². The minimum absolute atomic E-state index is 0.171. The van der Waals surface area contributed by atoms with Gasteiger partial charge in [-0.3, -0.25) is 4.79 Å². The Morgan fingerprint density at radius 2 is 1.89 bits per heavy atom. The topological polar surface area (TPSA) is 72.0 Å². The first kappa shape index (κ1) is 19.6. The van der Waals surface area contributed by atoms with Crippen LogP contribution in [0.1, 0.15) is 18.1 Å². The standard InChI is InChI=1S/C22H20N2O3S/c1-2-27-21(26)13-12-16-8-10-17(11-9-16)15-28-22-23-19(14-20(25)24-22)18-6-4-3-5-7-18/h3-14H,2,15H2,1H3,(H,23,24,25)/b13-12+. The molecule has 1 heterocycles. The number of rotatable bonds is 7. The molecule has 0 saturated carbocycles. The smallest absolute Gasteiger partial charge is 0.330 e. The predicted octanol–water partition coefficient (Wildman–Crippen LogP) is 4.31. The number of benzene rings is 2. The van der Waals surface area contributed by atoms with E-state index in [1.807, 2.05) is 54.6 Å². The molecule has 3 aromatic rings. The average molecular weight is 392 g/mol. The molecule has 1 aromatic heterocycles. The minimum atomic E-state index is -0.351. The fraction of sp³-hybridized carbons (Fsp3) is 0.136. The normalized spacial score (nSPS) is 10.9. The van der Waals surface area contributed by atoms with E-state index in [2.05, 4.69) is 9.97 Å². The van der Waals surface area contributed by atoms with Crippen molar-refractivity contribution in [3.05, 3.63) is 88.2 Å². The number of thioether (sulfide) groups is 1. The van der Waals surface area contributed by atoms with Crippen molar-refractivity contribution < 1.29 is 9.53 Å². The maximum Gasteiger partial charge on any atom is 0.330 e. The zero-order valence-corrected chi connectivity index (χ0v) is 16.2. The number of hydrogen-bond donors (Lipinski definition) is 1. The van der Waals surface area contributed by atoms with E-state index in [0.717, 1.165) is 16.7 Å². The highest BCUT2D eigenvalue weighted by Gasteiger charge is 2.05. The highest BCUT2D eigenvalue weighted by Crippen LogP contribution is 2.22. The number of ether oxygens (including phenoxy) is 1. The van der Waals surface area contributed by atoms with Gasteiger partial charge in [0.1, 0.15) is 0 Å². The molecule has 0 unspecified atom stereocenters. The second-order valence-electron chi connectivity index (χ2n) is 5.92. The van der Waals surface area contributed by atoms with Gasteiger partial charge >= 0.3 is 5.97 Å². The molecule has 28 heavy (non-hydrogen) atoms. The highest BCUT2D eigenvalue weighted by atomic mass is 32.2. The molecular weight excluding hydrogens is 372 g/mol. The lowest BCUT2D eigenvalue weighted by Crippen LogP contribution is -2.08. The van der Waals surface area contributed by atoms with Crippen molar-refractivity contribution in [2.24, 2.45) is 0 Å². The van der Waals surface area contributed by atoms with Gasteiger partial charge in [0, 0.05) is 23.5 Å². The molecule has 0 aliphatic rings. The van der Waals surface area contributed by atoms with Gasteiger partial charge in [-0.1, -0.05) is 66.4 Å². The number of nitrogens with one attached hydrogen (secondary N) is 1. The summed E-state index contributed by atoms with van der Waals surface area (Å²) in [6, 6.07) is 19.0. The second-order valence-corrected chi connectivity index (χ2v) is 6.88. The molecule has 0 fully saturated rings. The molecule has 2 aromatic carbocycles. The van der Waals surface area contributed by atoms with E-state index in [0.29, 0.717) is 23.2 Å². The molecule has 5 nitrogen and oxygen atoms in total. The Balaban J connectivity index is 1.65. The van der Waals surface area contributed by atoms with E-state index < -0.39 is 0 Å². The quantitative estimate of drug-likeness (QED) is 0.281. The maximum atomic E-state index is 12.0. The molecule has 0 atom stereocenters. The Hall–Kier alpha value is -3.12. The highest BCUT2D eigenvalue weighted by molar-refractivity contribution is 7.98. The number of aromatic nitrogens is 2. The number of aromatic amines is 1. The van der Waals surface area contributed by atoms with Gasteiger partial charge in [-0.25, -0.2) is 9.78 Å². The summed E-state index contributed by atoms with van der Waals surface area (Å²) >= 11 is 1.47. The van der Waals surface area contributed by atoms with Crippen molar-refractivity contribution in [1.82, 2.24) is 9.97 Å². The number of hydrogen-bond acceptors (Lipinski definition) is 5. The van der Waals surface area contributed by atoms with E-state index in [1.165, 1.54) is 23.9 Å². The van der Waals surface area contributed by atoms with Gasteiger partial charge in [0.25, 0.3) is 5.56 Å². The van der Waals surface area contributed by atoms with Gasteiger partial charge < -0.3 is 9.72 Å². The predicted molar refractivity (Wildman–Crippen MR) is 112 cm³/mol. The van der Waals surface area contributed by atoms with Gasteiger partial charge in [-0.2, -0.15) is 0 Å². The third kappa shape index (κ3) is 5.69. The van der Waals surface area contributed by atoms with Crippen LogP contribution in [-0.4, -0.2) is 22.5 Å². The molecule has 0 radical (unpaired) electrons. The fourth-order valence-electron chi connectivity index (χ4n) is 2.49.